The molecule has 5 nitrogen and oxygen atoms in total. The molecule has 5 heteroatoms. The molecule has 0 aliphatic carbocycles. The van der Waals surface area contributed by atoms with Gasteiger partial charge in [-0.3, -0.25) is 4.79 Å². The van der Waals surface area contributed by atoms with E-state index in [0.717, 1.165) is 24.2 Å². The van der Waals surface area contributed by atoms with Crippen molar-refractivity contribution in [3.05, 3.63) is 54.0 Å². The van der Waals surface area contributed by atoms with Crippen LogP contribution in [0.1, 0.15) is 35.9 Å². The van der Waals surface area contributed by atoms with Crippen LogP contribution in [-0.4, -0.2) is 35.6 Å². The zero-order valence-corrected chi connectivity index (χ0v) is 13.4. The van der Waals surface area contributed by atoms with E-state index in [-0.39, 0.29) is 11.9 Å². The highest BCUT2D eigenvalue weighted by Crippen LogP contribution is 2.36. The van der Waals surface area contributed by atoms with Crippen molar-refractivity contribution in [1.29, 1.82) is 0 Å². The lowest BCUT2D eigenvalue weighted by molar-refractivity contribution is -0.0185. The molecule has 1 N–H and O–H groups in total. The Balaban J connectivity index is 1.86. The van der Waals surface area contributed by atoms with Crippen molar-refractivity contribution in [2.75, 3.05) is 13.7 Å². The average molecular weight is 315 g/mol. The Kier molecular flexibility index (Phi) is 4.13. The van der Waals surface area contributed by atoms with E-state index in [1.54, 1.807) is 31.1 Å². The van der Waals surface area contributed by atoms with Crippen LogP contribution in [0.25, 0.3) is 0 Å². The van der Waals surface area contributed by atoms with Crippen LogP contribution in [0.3, 0.4) is 0 Å². The van der Waals surface area contributed by atoms with Crippen molar-refractivity contribution < 1.29 is 19.1 Å². The van der Waals surface area contributed by atoms with Gasteiger partial charge in [0.15, 0.2) is 5.76 Å². The summed E-state index contributed by atoms with van der Waals surface area (Å²) in [5, 5.41) is 11.1. The van der Waals surface area contributed by atoms with Crippen LogP contribution in [0, 0.1) is 0 Å². The number of methoxy groups -OCH3 is 1. The Morgan fingerprint density at radius 3 is 2.70 bits per heavy atom. The first-order chi connectivity index (χ1) is 11.0. The molecule has 1 saturated heterocycles. The molecular weight excluding hydrogens is 294 g/mol. The summed E-state index contributed by atoms with van der Waals surface area (Å²) in [6.07, 6.45) is 3.11. The summed E-state index contributed by atoms with van der Waals surface area (Å²) in [5.41, 5.74) is -0.368. The topological polar surface area (TPSA) is 62.9 Å². The van der Waals surface area contributed by atoms with Gasteiger partial charge in [-0.1, -0.05) is 12.1 Å². The first kappa shape index (κ1) is 15.6. The molecule has 1 aliphatic rings. The van der Waals surface area contributed by atoms with Gasteiger partial charge in [-0.15, -0.1) is 0 Å². The smallest absolute Gasteiger partial charge is 0.289 e. The number of nitrogens with zero attached hydrogens (tertiary/aromatic N) is 1. The number of carbonyl (C=O) groups excluding carboxylic acids is 1. The Hall–Kier alpha value is -2.27. The Labute approximate surface area is 135 Å². The first-order valence-electron chi connectivity index (χ1n) is 7.75. The molecule has 23 heavy (non-hydrogen) atoms. The summed E-state index contributed by atoms with van der Waals surface area (Å²) < 4.78 is 10.4. The van der Waals surface area contributed by atoms with E-state index in [0.29, 0.717) is 12.3 Å². The van der Waals surface area contributed by atoms with E-state index in [1.807, 2.05) is 24.3 Å². The van der Waals surface area contributed by atoms with Crippen LogP contribution in [-0.2, 0) is 5.60 Å². The Morgan fingerprint density at radius 2 is 2.09 bits per heavy atom. The normalized spacial score (nSPS) is 20.3. The maximum absolute atomic E-state index is 12.6. The lowest BCUT2D eigenvalue weighted by atomic mass is 9.86. The molecule has 0 radical (unpaired) electrons. The summed E-state index contributed by atoms with van der Waals surface area (Å²) in [7, 11) is 1.61. The standard InChI is InChI=1S/C18H21NO4/c1-18(21,13-7-9-14(22-2)10-8-13)16-6-3-11-19(16)17(20)15-5-4-12-23-15/h4-5,7-10,12,16,21H,3,6,11H2,1-2H3. The first-order valence-corrected chi connectivity index (χ1v) is 7.75. The number of aliphatic hydroxyl groups is 1. The number of carbonyl (C=O) groups is 1. The minimum absolute atomic E-state index is 0.175. The maximum atomic E-state index is 12.6. The molecule has 2 atom stereocenters. The molecule has 2 heterocycles. The monoisotopic (exact) mass is 315 g/mol. The van der Waals surface area contributed by atoms with Crippen molar-refractivity contribution in [3.8, 4) is 5.75 Å². The zero-order valence-electron chi connectivity index (χ0n) is 13.4. The van der Waals surface area contributed by atoms with Gasteiger partial charge >= 0.3 is 0 Å². The molecule has 0 bridgehead atoms. The van der Waals surface area contributed by atoms with Crippen molar-refractivity contribution in [2.24, 2.45) is 0 Å². The third-order valence-electron chi connectivity index (χ3n) is 4.57. The van der Waals surface area contributed by atoms with E-state index in [4.69, 9.17) is 9.15 Å². The number of benzene rings is 1. The minimum Gasteiger partial charge on any atom is -0.497 e. The number of furan rings is 1. The van der Waals surface area contributed by atoms with Gasteiger partial charge in [-0.2, -0.15) is 0 Å². The summed E-state index contributed by atoms with van der Waals surface area (Å²) >= 11 is 0. The highest BCUT2D eigenvalue weighted by atomic mass is 16.5. The number of rotatable bonds is 4. The Bertz CT molecular complexity index is 661. The fourth-order valence-corrected chi connectivity index (χ4v) is 3.26. The molecule has 1 aliphatic heterocycles. The van der Waals surface area contributed by atoms with E-state index in [2.05, 4.69) is 0 Å². The third kappa shape index (κ3) is 2.84. The predicted octanol–water partition coefficient (Wildman–Crippen LogP) is 2.80. The zero-order chi connectivity index (χ0) is 16.4. The molecule has 0 saturated carbocycles. The molecular formula is C18H21NO4. The van der Waals surface area contributed by atoms with Gasteiger partial charge < -0.3 is 19.2 Å². The van der Waals surface area contributed by atoms with Crippen LogP contribution in [0.4, 0.5) is 0 Å². The van der Waals surface area contributed by atoms with Crippen LogP contribution in [0.15, 0.2) is 47.1 Å². The van der Waals surface area contributed by atoms with Gasteiger partial charge in [-0.25, -0.2) is 0 Å². The Morgan fingerprint density at radius 1 is 1.35 bits per heavy atom. The van der Waals surface area contributed by atoms with Gasteiger partial charge in [0, 0.05) is 6.54 Å². The van der Waals surface area contributed by atoms with E-state index < -0.39 is 5.60 Å². The number of hydrogen-bond donors (Lipinski definition) is 1. The lowest BCUT2D eigenvalue weighted by Gasteiger charge is -2.36. The third-order valence-corrected chi connectivity index (χ3v) is 4.57. The average Bonchev–Trinajstić information content (AvgIpc) is 3.25. The van der Waals surface area contributed by atoms with Crippen molar-refractivity contribution in [3.63, 3.8) is 0 Å². The number of amides is 1. The fraction of sp³-hybridized carbons (Fsp3) is 0.389. The maximum Gasteiger partial charge on any atom is 0.289 e. The van der Waals surface area contributed by atoms with E-state index in [9.17, 15) is 9.90 Å². The predicted molar refractivity (Wildman–Crippen MR) is 85.3 cm³/mol. The molecule has 1 fully saturated rings. The summed E-state index contributed by atoms with van der Waals surface area (Å²) in [4.78, 5) is 14.3. The SMILES string of the molecule is COc1ccc(C(C)(O)C2CCCN2C(=O)c2ccco2)cc1. The molecule has 1 amide bonds. The highest BCUT2D eigenvalue weighted by molar-refractivity contribution is 5.92. The summed E-state index contributed by atoms with van der Waals surface area (Å²) in [6, 6.07) is 10.4. The fourth-order valence-electron chi connectivity index (χ4n) is 3.26. The van der Waals surface area contributed by atoms with Gasteiger partial charge in [-0.05, 0) is 49.6 Å². The van der Waals surface area contributed by atoms with Gasteiger partial charge in [0.2, 0.25) is 0 Å². The molecule has 3 rings (SSSR count). The summed E-state index contributed by atoms with van der Waals surface area (Å²) in [6.45, 7) is 2.38. The molecule has 122 valence electrons. The number of likely N-dealkylation sites (tertiary alicyclic amines) is 1. The van der Waals surface area contributed by atoms with Gasteiger partial charge in [0.25, 0.3) is 5.91 Å². The van der Waals surface area contributed by atoms with Crippen LogP contribution in [0.2, 0.25) is 0 Å². The van der Waals surface area contributed by atoms with Gasteiger partial charge in [0.1, 0.15) is 11.4 Å². The quantitative estimate of drug-likeness (QED) is 0.942. The van der Waals surface area contributed by atoms with E-state index >= 15 is 0 Å². The largest absolute Gasteiger partial charge is 0.497 e. The second kappa shape index (κ2) is 6.08. The van der Waals surface area contributed by atoms with Crippen molar-refractivity contribution >= 4 is 5.91 Å². The van der Waals surface area contributed by atoms with Crippen LogP contribution >= 0.6 is 0 Å². The number of hydrogen-bond acceptors (Lipinski definition) is 4. The second-order valence-electron chi connectivity index (χ2n) is 6.01. The van der Waals surface area contributed by atoms with Crippen molar-refractivity contribution in [1.82, 2.24) is 4.90 Å². The van der Waals surface area contributed by atoms with Crippen LogP contribution < -0.4 is 4.74 Å². The summed E-state index contributed by atoms with van der Waals surface area (Å²) in [5.74, 6) is 0.869. The molecule has 1 aromatic heterocycles. The van der Waals surface area contributed by atoms with E-state index in [1.165, 1.54) is 6.26 Å². The molecule has 0 spiro atoms. The highest BCUT2D eigenvalue weighted by Gasteiger charge is 2.43. The lowest BCUT2D eigenvalue weighted by Crippen LogP contribution is -2.48. The van der Waals surface area contributed by atoms with Gasteiger partial charge in [0.05, 0.1) is 19.4 Å². The molecule has 1 aromatic carbocycles. The molecule has 2 aromatic rings. The number of ether oxygens (including phenoxy) is 1. The minimum atomic E-state index is -1.13. The van der Waals surface area contributed by atoms with Crippen LogP contribution in [0.5, 0.6) is 5.75 Å². The second-order valence-corrected chi connectivity index (χ2v) is 6.01. The van der Waals surface area contributed by atoms with Crippen molar-refractivity contribution in [2.45, 2.75) is 31.4 Å². The molecule has 2 unspecified atom stereocenters.